The van der Waals surface area contributed by atoms with Crippen LogP contribution in [0.25, 0.3) is 10.9 Å². The van der Waals surface area contributed by atoms with Crippen LogP contribution in [0.3, 0.4) is 0 Å². The lowest BCUT2D eigenvalue weighted by atomic mass is 9.99. The standard InChI is InChI=1S/C11H13N3/c12-7-11(5-6-11)10-8-3-1-2-4-9(8)13-14-10/h1-4H,5-7,12H2,(H,13,14). The molecule has 3 N–H and O–H groups in total. The van der Waals surface area contributed by atoms with Gasteiger partial charge in [-0.05, 0) is 18.9 Å². The molecular weight excluding hydrogens is 174 g/mol. The molecule has 1 aromatic heterocycles. The summed E-state index contributed by atoms with van der Waals surface area (Å²) in [5.74, 6) is 0. The number of nitrogens with two attached hydrogens (primary N) is 1. The van der Waals surface area contributed by atoms with E-state index in [1.54, 1.807) is 0 Å². The van der Waals surface area contributed by atoms with Gasteiger partial charge in [0.1, 0.15) is 0 Å². The van der Waals surface area contributed by atoms with Crippen molar-refractivity contribution in [3.8, 4) is 0 Å². The highest BCUT2D eigenvalue weighted by molar-refractivity contribution is 5.82. The molecule has 3 nitrogen and oxygen atoms in total. The summed E-state index contributed by atoms with van der Waals surface area (Å²) in [6.07, 6.45) is 2.38. The molecule has 0 bridgehead atoms. The monoisotopic (exact) mass is 187 g/mol. The number of aromatic nitrogens is 2. The summed E-state index contributed by atoms with van der Waals surface area (Å²) in [6.45, 7) is 0.721. The van der Waals surface area contributed by atoms with Gasteiger partial charge >= 0.3 is 0 Å². The summed E-state index contributed by atoms with van der Waals surface area (Å²) in [7, 11) is 0. The number of para-hydroxylation sites is 1. The van der Waals surface area contributed by atoms with Gasteiger partial charge in [0, 0.05) is 17.3 Å². The summed E-state index contributed by atoms with van der Waals surface area (Å²) >= 11 is 0. The molecule has 1 heterocycles. The van der Waals surface area contributed by atoms with Crippen LogP contribution < -0.4 is 5.73 Å². The van der Waals surface area contributed by atoms with E-state index >= 15 is 0 Å². The van der Waals surface area contributed by atoms with Crippen LogP contribution in [0.1, 0.15) is 18.5 Å². The number of aromatic amines is 1. The van der Waals surface area contributed by atoms with Gasteiger partial charge in [-0.3, -0.25) is 5.10 Å². The SMILES string of the molecule is NCC1(c2[nH]nc3ccccc23)CC1. The predicted molar refractivity (Wildman–Crippen MR) is 56.1 cm³/mol. The van der Waals surface area contributed by atoms with Crippen molar-refractivity contribution < 1.29 is 0 Å². The molecule has 0 unspecified atom stereocenters. The van der Waals surface area contributed by atoms with Gasteiger partial charge in [0.2, 0.25) is 0 Å². The van der Waals surface area contributed by atoms with E-state index in [9.17, 15) is 0 Å². The highest BCUT2D eigenvalue weighted by Gasteiger charge is 2.45. The first-order valence-electron chi connectivity index (χ1n) is 4.99. The first kappa shape index (κ1) is 8.00. The second-order valence-electron chi connectivity index (χ2n) is 4.10. The molecule has 0 radical (unpaired) electrons. The third-order valence-corrected chi connectivity index (χ3v) is 3.24. The number of H-pyrrole nitrogens is 1. The number of rotatable bonds is 2. The maximum Gasteiger partial charge on any atom is 0.0923 e. The van der Waals surface area contributed by atoms with E-state index in [0.29, 0.717) is 0 Å². The lowest BCUT2D eigenvalue weighted by Gasteiger charge is -2.09. The predicted octanol–water partition coefficient (Wildman–Crippen LogP) is 1.55. The maximum atomic E-state index is 5.80. The number of fused-ring (bicyclic) bond motifs is 1. The molecule has 3 rings (SSSR count). The van der Waals surface area contributed by atoms with Crippen LogP contribution in [0.5, 0.6) is 0 Å². The molecule has 0 atom stereocenters. The number of hydrogen-bond acceptors (Lipinski definition) is 2. The summed E-state index contributed by atoms with van der Waals surface area (Å²) in [5.41, 5.74) is 8.28. The van der Waals surface area contributed by atoms with Crippen molar-refractivity contribution in [2.24, 2.45) is 5.73 Å². The Morgan fingerprint density at radius 1 is 1.36 bits per heavy atom. The van der Waals surface area contributed by atoms with E-state index in [4.69, 9.17) is 5.73 Å². The van der Waals surface area contributed by atoms with Crippen LogP contribution in [-0.2, 0) is 5.41 Å². The Kier molecular flexibility index (Phi) is 1.47. The van der Waals surface area contributed by atoms with Gasteiger partial charge < -0.3 is 5.73 Å². The minimum Gasteiger partial charge on any atom is -0.330 e. The fourth-order valence-corrected chi connectivity index (χ4v) is 2.07. The van der Waals surface area contributed by atoms with Crippen LogP contribution >= 0.6 is 0 Å². The first-order valence-corrected chi connectivity index (χ1v) is 4.99. The zero-order valence-electron chi connectivity index (χ0n) is 7.96. The van der Waals surface area contributed by atoms with Crippen molar-refractivity contribution in [1.29, 1.82) is 0 Å². The smallest absolute Gasteiger partial charge is 0.0923 e. The first-order chi connectivity index (χ1) is 6.86. The van der Waals surface area contributed by atoms with E-state index in [0.717, 1.165) is 12.1 Å². The van der Waals surface area contributed by atoms with Crippen molar-refractivity contribution in [3.05, 3.63) is 30.0 Å². The molecule has 3 heteroatoms. The van der Waals surface area contributed by atoms with Crippen molar-refractivity contribution in [2.45, 2.75) is 18.3 Å². The number of nitrogens with one attached hydrogen (secondary N) is 1. The molecule has 14 heavy (non-hydrogen) atoms. The highest BCUT2D eigenvalue weighted by Crippen LogP contribution is 2.48. The summed E-state index contributed by atoms with van der Waals surface area (Å²) < 4.78 is 0. The molecule has 1 fully saturated rings. The minimum atomic E-state index is 0.204. The lowest BCUT2D eigenvalue weighted by Crippen LogP contribution is -2.20. The third kappa shape index (κ3) is 0.930. The van der Waals surface area contributed by atoms with E-state index in [-0.39, 0.29) is 5.41 Å². The van der Waals surface area contributed by atoms with E-state index in [2.05, 4.69) is 16.3 Å². The Labute approximate surface area is 82.3 Å². The number of benzene rings is 1. The van der Waals surface area contributed by atoms with E-state index in [1.807, 2.05) is 18.2 Å². The molecule has 0 saturated heterocycles. The molecular formula is C11H13N3. The summed E-state index contributed by atoms with van der Waals surface area (Å²) in [6, 6.07) is 8.20. The fraction of sp³-hybridized carbons (Fsp3) is 0.364. The largest absolute Gasteiger partial charge is 0.330 e. The Hall–Kier alpha value is -1.35. The van der Waals surface area contributed by atoms with E-state index in [1.165, 1.54) is 23.9 Å². The molecule has 1 aromatic carbocycles. The normalized spacial score (nSPS) is 18.6. The van der Waals surface area contributed by atoms with Crippen LogP contribution in [0.15, 0.2) is 24.3 Å². The van der Waals surface area contributed by atoms with E-state index < -0.39 is 0 Å². The number of hydrogen-bond donors (Lipinski definition) is 2. The average molecular weight is 187 g/mol. The maximum absolute atomic E-state index is 5.80. The van der Waals surface area contributed by atoms with Crippen molar-refractivity contribution in [3.63, 3.8) is 0 Å². The van der Waals surface area contributed by atoms with Gasteiger partial charge in [0.05, 0.1) is 11.2 Å². The van der Waals surface area contributed by atoms with Crippen molar-refractivity contribution in [2.75, 3.05) is 6.54 Å². The molecule has 0 amide bonds. The molecule has 1 aliphatic carbocycles. The Bertz CT molecular complexity index is 468. The lowest BCUT2D eigenvalue weighted by molar-refractivity contribution is 0.679. The van der Waals surface area contributed by atoms with Gasteiger partial charge in [0.25, 0.3) is 0 Å². The summed E-state index contributed by atoms with van der Waals surface area (Å²) in [5, 5.41) is 8.66. The Morgan fingerprint density at radius 3 is 2.86 bits per heavy atom. The zero-order valence-corrected chi connectivity index (χ0v) is 7.96. The Balaban J connectivity index is 2.22. The number of nitrogens with zero attached hydrogens (tertiary/aromatic N) is 1. The molecule has 1 aliphatic rings. The quantitative estimate of drug-likeness (QED) is 0.749. The van der Waals surface area contributed by atoms with Crippen LogP contribution in [0.2, 0.25) is 0 Å². The van der Waals surface area contributed by atoms with Crippen LogP contribution in [0.4, 0.5) is 0 Å². The molecule has 0 aliphatic heterocycles. The van der Waals surface area contributed by atoms with Crippen LogP contribution in [-0.4, -0.2) is 16.7 Å². The van der Waals surface area contributed by atoms with Gasteiger partial charge in [-0.15, -0.1) is 0 Å². The second kappa shape index (κ2) is 2.58. The molecule has 0 spiro atoms. The fourth-order valence-electron chi connectivity index (χ4n) is 2.07. The highest BCUT2D eigenvalue weighted by atomic mass is 15.1. The van der Waals surface area contributed by atoms with Crippen molar-refractivity contribution in [1.82, 2.24) is 10.2 Å². The second-order valence-corrected chi connectivity index (χ2v) is 4.10. The van der Waals surface area contributed by atoms with Gasteiger partial charge in [0.15, 0.2) is 0 Å². The van der Waals surface area contributed by atoms with Gasteiger partial charge in [-0.2, -0.15) is 5.10 Å². The van der Waals surface area contributed by atoms with Crippen molar-refractivity contribution >= 4 is 10.9 Å². The third-order valence-electron chi connectivity index (χ3n) is 3.24. The molecule has 2 aromatic rings. The topological polar surface area (TPSA) is 54.7 Å². The summed E-state index contributed by atoms with van der Waals surface area (Å²) in [4.78, 5) is 0. The average Bonchev–Trinajstić information content (AvgIpc) is 2.91. The molecule has 1 saturated carbocycles. The minimum absolute atomic E-state index is 0.204. The van der Waals surface area contributed by atoms with Gasteiger partial charge in [-0.1, -0.05) is 18.2 Å². The zero-order chi connectivity index (χ0) is 9.60. The van der Waals surface area contributed by atoms with Gasteiger partial charge in [-0.25, -0.2) is 0 Å². The molecule has 72 valence electrons. The van der Waals surface area contributed by atoms with Crippen LogP contribution in [0, 0.1) is 0 Å². The Morgan fingerprint density at radius 2 is 2.14 bits per heavy atom.